The van der Waals surface area contributed by atoms with Gasteiger partial charge in [-0.3, -0.25) is 0 Å². The number of nitrogen functional groups attached to an aromatic ring is 1. The lowest BCUT2D eigenvalue weighted by Gasteiger charge is -2.39. The Morgan fingerprint density at radius 1 is 1.42 bits per heavy atom. The summed E-state index contributed by atoms with van der Waals surface area (Å²) in [5, 5.41) is 7.25. The van der Waals surface area contributed by atoms with Crippen molar-refractivity contribution >= 4 is 28.8 Å². The molecule has 1 aliphatic rings. The summed E-state index contributed by atoms with van der Waals surface area (Å²) in [6.07, 6.45) is 6.70. The van der Waals surface area contributed by atoms with Crippen molar-refractivity contribution in [3.63, 3.8) is 0 Å². The third-order valence-corrected chi connectivity index (χ3v) is 4.08. The molecule has 0 spiro atoms. The van der Waals surface area contributed by atoms with Gasteiger partial charge in [-0.05, 0) is 42.6 Å². The van der Waals surface area contributed by atoms with Gasteiger partial charge < -0.3 is 16.4 Å². The summed E-state index contributed by atoms with van der Waals surface area (Å²) in [6.45, 7) is 4.61. The summed E-state index contributed by atoms with van der Waals surface area (Å²) in [6, 6.07) is 4.07. The molecular formula is C14H22N4S. The maximum absolute atomic E-state index is 5.56. The molecule has 4 N–H and O–H groups in total. The molecule has 1 aromatic heterocycles. The maximum atomic E-state index is 5.56. The van der Waals surface area contributed by atoms with Crippen LogP contribution in [0.3, 0.4) is 0 Å². The lowest BCUT2D eigenvalue weighted by atomic mass is 9.73. The van der Waals surface area contributed by atoms with E-state index >= 15 is 0 Å². The van der Waals surface area contributed by atoms with Gasteiger partial charge in [0, 0.05) is 6.04 Å². The van der Waals surface area contributed by atoms with Crippen molar-refractivity contribution < 1.29 is 0 Å². The van der Waals surface area contributed by atoms with Crippen LogP contribution in [0.2, 0.25) is 0 Å². The number of thiocarbonyl (C=S) groups is 1. The Morgan fingerprint density at radius 3 is 2.84 bits per heavy atom. The second-order valence-corrected chi connectivity index (χ2v) is 6.27. The van der Waals surface area contributed by atoms with Crippen LogP contribution in [0.4, 0.5) is 11.5 Å². The van der Waals surface area contributed by atoms with Crippen molar-refractivity contribution in [3.8, 4) is 0 Å². The van der Waals surface area contributed by atoms with Gasteiger partial charge in [-0.15, -0.1) is 0 Å². The molecule has 1 fully saturated rings. The molecule has 0 bridgehead atoms. The second kappa shape index (κ2) is 5.74. The van der Waals surface area contributed by atoms with Gasteiger partial charge in [-0.25, -0.2) is 4.98 Å². The Morgan fingerprint density at radius 2 is 2.21 bits per heavy atom. The first kappa shape index (κ1) is 14.1. The van der Waals surface area contributed by atoms with Crippen molar-refractivity contribution in [3.05, 3.63) is 18.3 Å². The number of nitrogens with zero attached hydrogens (tertiary/aromatic N) is 1. The fourth-order valence-corrected chi connectivity index (χ4v) is 2.83. The molecule has 5 heteroatoms. The number of hydrogen-bond donors (Lipinski definition) is 3. The molecule has 0 saturated heterocycles. The van der Waals surface area contributed by atoms with Crippen LogP contribution < -0.4 is 16.4 Å². The van der Waals surface area contributed by atoms with Crippen LogP contribution in [0, 0.1) is 5.41 Å². The molecule has 2 rings (SSSR count). The average Bonchev–Trinajstić information content (AvgIpc) is 2.35. The zero-order valence-electron chi connectivity index (χ0n) is 11.6. The van der Waals surface area contributed by atoms with E-state index in [1.807, 2.05) is 6.07 Å². The van der Waals surface area contributed by atoms with Gasteiger partial charge in [-0.2, -0.15) is 0 Å². The van der Waals surface area contributed by atoms with Crippen molar-refractivity contribution in [1.82, 2.24) is 10.3 Å². The van der Waals surface area contributed by atoms with E-state index in [1.165, 1.54) is 25.7 Å². The monoisotopic (exact) mass is 278 g/mol. The number of hydrogen-bond acceptors (Lipinski definition) is 3. The normalized spacial score (nSPS) is 21.7. The third-order valence-electron chi connectivity index (χ3n) is 3.86. The topological polar surface area (TPSA) is 63.0 Å². The first-order chi connectivity index (χ1) is 8.97. The number of pyridine rings is 1. The van der Waals surface area contributed by atoms with E-state index in [-0.39, 0.29) is 0 Å². The standard InChI is InChI=1S/C14H22N4S/c1-14(2)8-4-3-5-11(14)18-13(19)17-10-6-7-12(15)16-9-10/h6-7,9,11H,3-5,8H2,1-2H3,(H2,15,16)(H2,17,18,19)/t11-/m0/s1. The molecule has 1 atom stereocenters. The summed E-state index contributed by atoms with van der Waals surface area (Å²) in [5.74, 6) is 0.512. The van der Waals surface area contributed by atoms with Gasteiger partial charge in [0.2, 0.25) is 0 Å². The molecule has 1 heterocycles. The van der Waals surface area contributed by atoms with E-state index in [1.54, 1.807) is 12.3 Å². The summed E-state index contributed by atoms with van der Waals surface area (Å²) < 4.78 is 0. The predicted molar refractivity (Wildman–Crippen MR) is 84.0 cm³/mol. The van der Waals surface area contributed by atoms with E-state index in [4.69, 9.17) is 18.0 Å². The van der Waals surface area contributed by atoms with Gasteiger partial charge in [0.25, 0.3) is 0 Å². The molecule has 1 aromatic rings. The molecule has 1 saturated carbocycles. The Kier molecular flexibility index (Phi) is 4.24. The smallest absolute Gasteiger partial charge is 0.171 e. The molecule has 0 unspecified atom stereocenters. The van der Waals surface area contributed by atoms with E-state index < -0.39 is 0 Å². The minimum absolute atomic E-state index is 0.295. The fourth-order valence-electron chi connectivity index (χ4n) is 2.57. The minimum Gasteiger partial charge on any atom is -0.384 e. The molecule has 0 radical (unpaired) electrons. The highest BCUT2D eigenvalue weighted by molar-refractivity contribution is 7.80. The molecule has 19 heavy (non-hydrogen) atoms. The van der Waals surface area contributed by atoms with E-state index in [9.17, 15) is 0 Å². The Bertz CT molecular complexity index is 441. The summed E-state index contributed by atoms with van der Waals surface area (Å²) in [4.78, 5) is 4.04. The molecule has 0 aliphatic heterocycles. The van der Waals surface area contributed by atoms with Crippen LogP contribution in [-0.4, -0.2) is 16.1 Å². The largest absolute Gasteiger partial charge is 0.384 e. The van der Waals surface area contributed by atoms with E-state index in [0.717, 1.165) is 5.69 Å². The first-order valence-corrected chi connectivity index (χ1v) is 7.17. The fraction of sp³-hybridized carbons (Fsp3) is 0.571. The minimum atomic E-state index is 0.295. The van der Waals surface area contributed by atoms with Crippen molar-refractivity contribution in [2.45, 2.75) is 45.6 Å². The predicted octanol–water partition coefficient (Wildman–Crippen LogP) is 2.92. The highest BCUT2D eigenvalue weighted by atomic mass is 32.1. The Labute approximate surface area is 120 Å². The highest BCUT2D eigenvalue weighted by Gasteiger charge is 2.32. The Balaban J connectivity index is 1.92. The number of nitrogens with one attached hydrogen (secondary N) is 2. The summed E-state index contributed by atoms with van der Waals surface area (Å²) in [5.41, 5.74) is 6.71. The SMILES string of the molecule is CC1(C)CCCC[C@@H]1NC(=S)Nc1ccc(N)nc1. The van der Waals surface area contributed by atoms with Gasteiger partial charge >= 0.3 is 0 Å². The van der Waals surface area contributed by atoms with Crippen LogP contribution in [0.1, 0.15) is 39.5 Å². The van der Waals surface area contributed by atoms with E-state index in [0.29, 0.717) is 22.4 Å². The van der Waals surface area contributed by atoms with Crippen molar-refractivity contribution in [2.75, 3.05) is 11.1 Å². The summed E-state index contributed by atoms with van der Waals surface area (Å²) in [7, 11) is 0. The van der Waals surface area contributed by atoms with Crippen LogP contribution in [0.15, 0.2) is 18.3 Å². The number of anilines is 2. The van der Waals surface area contributed by atoms with E-state index in [2.05, 4.69) is 29.5 Å². The molecule has 0 aromatic carbocycles. The van der Waals surface area contributed by atoms with Gasteiger partial charge in [0.1, 0.15) is 5.82 Å². The van der Waals surface area contributed by atoms with Crippen molar-refractivity contribution in [2.24, 2.45) is 5.41 Å². The second-order valence-electron chi connectivity index (χ2n) is 5.86. The molecule has 1 aliphatic carbocycles. The van der Waals surface area contributed by atoms with Gasteiger partial charge in [-0.1, -0.05) is 26.7 Å². The summed E-state index contributed by atoms with van der Waals surface area (Å²) >= 11 is 5.37. The number of nitrogens with two attached hydrogens (primary N) is 1. The molecular weight excluding hydrogens is 256 g/mol. The van der Waals surface area contributed by atoms with Gasteiger partial charge in [0.05, 0.1) is 11.9 Å². The van der Waals surface area contributed by atoms with Crippen LogP contribution in [0.5, 0.6) is 0 Å². The number of aromatic nitrogens is 1. The quantitative estimate of drug-likeness (QED) is 0.726. The highest BCUT2D eigenvalue weighted by Crippen LogP contribution is 2.35. The lowest BCUT2D eigenvalue weighted by Crippen LogP contribution is -2.48. The first-order valence-electron chi connectivity index (χ1n) is 6.76. The number of rotatable bonds is 2. The van der Waals surface area contributed by atoms with Crippen LogP contribution in [0.25, 0.3) is 0 Å². The van der Waals surface area contributed by atoms with Crippen LogP contribution >= 0.6 is 12.2 Å². The maximum Gasteiger partial charge on any atom is 0.171 e. The Hall–Kier alpha value is -1.36. The van der Waals surface area contributed by atoms with Gasteiger partial charge in [0.15, 0.2) is 5.11 Å². The molecule has 4 nitrogen and oxygen atoms in total. The molecule has 104 valence electrons. The zero-order chi connectivity index (χ0) is 13.9. The lowest BCUT2D eigenvalue weighted by molar-refractivity contribution is 0.186. The molecule has 0 amide bonds. The van der Waals surface area contributed by atoms with Crippen LogP contribution in [-0.2, 0) is 0 Å². The zero-order valence-corrected chi connectivity index (χ0v) is 12.4. The average molecular weight is 278 g/mol. The third kappa shape index (κ3) is 3.80. The van der Waals surface area contributed by atoms with Crippen molar-refractivity contribution in [1.29, 1.82) is 0 Å².